The maximum absolute atomic E-state index is 12.0. The summed E-state index contributed by atoms with van der Waals surface area (Å²) in [5, 5.41) is 0. The molecule has 0 aliphatic carbocycles. The van der Waals surface area contributed by atoms with E-state index in [-0.39, 0.29) is 12.3 Å². The largest absolute Gasteiger partial charge is 0.398 e. The average molecular weight is 254 g/mol. The maximum atomic E-state index is 12.0. The zero-order valence-electron chi connectivity index (χ0n) is 10.4. The van der Waals surface area contributed by atoms with Crippen molar-refractivity contribution in [3.05, 3.63) is 23.8 Å². The minimum absolute atomic E-state index is 0.0235. The lowest BCUT2D eigenvalue weighted by molar-refractivity contribution is -0.128. The van der Waals surface area contributed by atoms with Crippen molar-refractivity contribution in [1.29, 1.82) is 0 Å². The summed E-state index contributed by atoms with van der Waals surface area (Å²) in [5.74, 6) is 0.287. The molecule has 0 saturated carbocycles. The van der Waals surface area contributed by atoms with E-state index in [1.807, 2.05) is 19.1 Å². The van der Waals surface area contributed by atoms with Gasteiger partial charge in [-0.1, -0.05) is 12.1 Å². The predicted molar refractivity (Wildman–Crippen MR) is 70.2 cm³/mol. The van der Waals surface area contributed by atoms with E-state index in [1.54, 1.807) is 20.2 Å². The molecule has 0 aromatic heterocycles. The minimum Gasteiger partial charge on any atom is -0.398 e. The van der Waals surface area contributed by atoms with Crippen LogP contribution >= 0.6 is 0 Å². The number of rotatable bonds is 4. The molecule has 1 unspecified atom stereocenters. The van der Waals surface area contributed by atoms with Gasteiger partial charge in [0.2, 0.25) is 5.91 Å². The molecule has 0 bridgehead atoms. The zero-order chi connectivity index (χ0) is 13.0. The van der Waals surface area contributed by atoms with Gasteiger partial charge in [0.1, 0.15) is 0 Å². The van der Waals surface area contributed by atoms with Crippen LogP contribution in [0.5, 0.6) is 0 Å². The third-order valence-electron chi connectivity index (χ3n) is 2.53. The summed E-state index contributed by atoms with van der Waals surface area (Å²) in [4.78, 5) is 13.5. The third kappa shape index (κ3) is 3.56. The molecule has 1 amide bonds. The Labute approximate surface area is 104 Å². The third-order valence-corrected chi connectivity index (χ3v) is 3.95. The summed E-state index contributed by atoms with van der Waals surface area (Å²) >= 11 is 0. The molecule has 0 saturated heterocycles. The Hall–Kier alpha value is -1.36. The summed E-state index contributed by atoms with van der Waals surface area (Å²) in [5.41, 5.74) is 7.33. The highest BCUT2D eigenvalue weighted by molar-refractivity contribution is 7.85. The van der Waals surface area contributed by atoms with Gasteiger partial charge in [-0.3, -0.25) is 9.00 Å². The molecule has 1 aromatic carbocycles. The fourth-order valence-corrected chi connectivity index (χ4v) is 2.58. The monoisotopic (exact) mass is 254 g/mol. The SMILES string of the molecule is Cc1cccc(S(=O)CCC(=O)N(C)C)c1N. The van der Waals surface area contributed by atoms with Crippen molar-refractivity contribution in [2.45, 2.75) is 18.2 Å². The molecule has 2 N–H and O–H groups in total. The van der Waals surface area contributed by atoms with Crippen molar-refractivity contribution < 1.29 is 9.00 Å². The predicted octanol–water partition coefficient (Wildman–Crippen LogP) is 1.16. The number of carbonyl (C=O) groups excluding carboxylic acids is 1. The summed E-state index contributed by atoms with van der Waals surface area (Å²) in [6.07, 6.45) is 0.271. The summed E-state index contributed by atoms with van der Waals surface area (Å²) in [6.45, 7) is 1.88. The lowest BCUT2D eigenvalue weighted by Crippen LogP contribution is -2.23. The molecule has 0 fully saturated rings. The molecule has 0 aliphatic rings. The Bertz CT molecular complexity index is 444. The van der Waals surface area contributed by atoms with E-state index in [0.29, 0.717) is 16.3 Å². The minimum atomic E-state index is -1.21. The van der Waals surface area contributed by atoms with Crippen LogP contribution in [0.25, 0.3) is 0 Å². The number of nitrogen functional groups attached to an aromatic ring is 1. The van der Waals surface area contributed by atoms with Gasteiger partial charge in [-0.2, -0.15) is 0 Å². The summed E-state index contributed by atoms with van der Waals surface area (Å²) < 4.78 is 12.0. The van der Waals surface area contributed by atoms with E-state index in [2.05, 4.69) is 0 Å². The second-order valence-corrected chi connectivity index (χ2v) is 5.61. The summed E-state index contributed by atoms with van der Waals surface area (Å²) in [7, 11) is 2.16. The van der Waals surface area contributed by atoms with Gasteiger partial charge in [0.15, 0.2) is 0 Å². The van der Waals surface area contributed by atoms with E-state index in [4.69, 9.17) is 5.73 Å². The van der Waals surface area contributed by atoms with Gasteiger partial charge in [0.25, 0.3) is 0 Å². The van der Waals surface area contributed by atoms with Crippen LogP contribution in [0, 0.1) is 6.92 Å². The van der Waals surface area contributed by atoms with Crippen LogP contribution in [0.1, 0.15) is 12.0 Å². The fourth-order valence-electron chi connectivity index (χ4n) is 1.37. The van der Waals surface area contributed by atoms with Crippen LogP contribution in [0.2, 0.25) is 0 Å². The second kappa shape index (κ2) is 5.82. The van der Waals surface area contributed by atoms with Gasteiger partial charge in [-0.25, -0.2) is 0 Å². The Morgan fingerprint density at radius 3 is 2.65 bits per heavy atom. The van der Waals surface area contributed by atoms with E-state index in [1.165, 1.54) is 4.90 Å². The second-order valence-electron chi connectivity index (χ2n) is 4.07. The Morgan fingerprint density at radius 1 is 1.41 bits per heavy atom. The van der Waals surface area contributed by atoms with Crippen molar-refractivity contribution in [2.75, 3.05) is 25.6 Å². The van der Waals surface area contributed by atoms with Crippen molar-refractivity contribution in [2.24, 2.45) is 0 Å². The molecule has 1 aromatic rings. The number of hydrogen-bond donors (Lipinski definition) is 1. The summed E-state index contributed by atoms with van der Waals surface area (Å²) in [6, 6.07) is 5.45. The van der Waals surface area contributed by atoms with Gasteiger partial charge in [0, 0.05) is 26.3 Å². The van der Waals surface area contributed by atoms with Crippen LogP contribution in [0.4, 0.5) is 5.69 Å². The molecule has 5 heteroatoms. The molecule has 0 heterocycles. The Morgan fingerprint density at radius 2 is 2.06 bits per heavy atom. The van der Waals surface area contributed by atoms with E-state index in [0.717, 1.165) is 5.56 Å². The normalized spacial score (nSPS) is 12.2. The first-order chi connectivity index (χ1) is 7.93. The van der Waals surface area contributed by atoms with Crippen LogP contribution in [-0.2, 0) is 15.6 Å². The number of hydrogen-bond acceptors (Lipinski definition) is 3. The lowest BCUT2D eigenvalue weighted by Gasteiger charge is -2.11. The number of para-hydroxylation sites is 1. The van der Waals surface area contributed by atoms with Crippen molar-refractivity contribution >= 4 is 22.4 Å². The molecular formula is C12H18N2O2S. The highest BCUT2D eigenvalue weighted by Gasteiger charge is 2.12. The van der Waals surface area contributed by atoms with Crippen molar-refractivity contribution in [3.8, 4) is 0 Å². The van der Waals surface area contributed by atoms with E-state index in [9.17, 15) is 9.00 Å². The quantitative estimate of drug-likeness (QED) is 0.820. The van der Waals surface area contributed by atoms with E-state index >= 15 is 0 Å². The first-order valence-electron chi connectivity index (χ1n) is 5.37. The maximum Gasteiger partial charge on any atom is 0.222 e. The number of carbonyl (C=O) groups is 1. The topological polar surface area (TPSA) is 63.4 Å². The molecule has 1 rings (SSSR count). The fraction of sp³-hybridized carbons (Fsp3) is 0.417. The van der Waals surface area contributed by atoms with Crippen molar-refractivity contribution in [3.63, 3.8) is 0 Å². The lowest BCUT2D eigenvalue weighted by atomic mass is 10.2. The first-order valence-corrected chi connectivity index (χ1v) is 6.69. The molecule has 4 nitrogen and oxygen atoms in total. The standard InChI is InChI=1S/C12H18N2O2S/c1-9-5-4-6-10(12(9)13)17(16)8-7-11(15)14(2)3/h4-6H,7-8,13H2,1-3H3. The number of nitrogens with zero attached hydrogens (tertiary/aromatic N) is 1. The number of anilines is 1. The number of benzene rings is 1. The van der Waals surface area contributed by atoms with Gasteiger partial charge in [-0.15, -0.1) is 0 Å². The Kier molecular flexibility index (Phi) is 4.69. The molecule has 0 radical (unpaired) electrons. The molecule has 17 heavy (non-hydrogen) atoms. The van der Waals surface area contributed by atoms with Gasteiger partial charge in [-0.05, 0) is 18.6 Å². The number of amides is 1. The van der Waals surface area contributed by atoms with Crippen molar-refractivity contribution in [1.82, 2.24) is 4.90 Å². The van der Waals surface area contributed by atoms with Gasteiger partial charge in [0.05, 0.1) is 21.4 Å². The highest BCUT2D eigenvalue weighted by atomic mass is 32.2. The smallest absolute Gasteiger partial charge is 0.222 e. The van der Waals surface area contributed by atoms with Gasteiger partial charge >= 0.3 is 0 Å². The molecule has 0 spiro atoms. The molecule has 94 valence electrons. The van der Waals surface area contributed by atoms with E-state index < -0.39 is 10.8 Å². The van der Waals surface area contributed by atoms with Crippen LogP contribution in [0.3, 0.4) is 0 Å². The number of aryl methyl sites for hydroxylation is 1. The van der Waals surface area contributed by atoms with Crippen LogP contribution in [-0.4, -0.2) is 34.9 Å². The first kappa shape index (κ1) is 13.7. The molecule has 1 atom stereocenters. The van der Waals surface area contributed by atoms with Crippen LogP contribution < -0.4 is 5.73 Å². The molecule has 0 aliphatic heterocycles. The highest BCUT2D eigenvalue weighted by Crippen LogP contribution is 2.20. The number of nitrogens with two attached hydrogens (primary N) is 1. The van der Waals surface area contributed by atoms with Gasteiger partial charge < -0.3 is 10.6 Å². The average Bonchev–Trinajstić information content (AvgIpc) is 2.29. The van der Waals surface area contributed by atoms with Crippen LogP contribution in [0.15, 0.2) is 23.1 Å². The molecular weight excluding hydrogens is 236 g/mol. The zero-order valence-corrected chi connectivity index (χ0v) is 11.2. The Balaban J connectivity index is 2.71.